The Morgan fingerprint density at radius 1 is 1.25 bits per heavy atom. The van der Waals surface area contributed by atoms with Crippen LogP contribution in [0.3, 0.4) is 0 Å². The van der Waals surface area contributed by atoms with Gasteiger partial charge in [0.05, 0.1) is 13.2 Å². The van der Waals surface area contributed by atoms with Crippen LogP contribution in [0.25, 0.3) is 16.2 Å². The van der Waals surface area contributed by atoms with E-state index in [1.54, 1.807) is 6.07 Å². The number of hydrogen-bond donors (Lipinski definition) is 1. The Kier molecular flexibility index (Phi) is 6.34. The highest BCUT2D eigenvalue weighted by Crippen LogP contribution is 2.35. The number of halogens is 1. The topological polar surface area (TPSA) is 75.0 Å². The summed E-state index contributed by atoms with van der Waals surface area (Å²) in [6.07, 6.45) is 0. The molecule has 0 saturated carbocycles. The fraction of sp³-hybridized carbons (Fsp3) is 0.500. The van der Waals surface area contributed by atoms with Crippen molar-refractivity contribution in [2.24, 2.45) is 0 Å². The number of nitrogens with zero attached hydrogens (tertiary/aromatic N) is 5. The SMILES string of the molecule is CCOC(=O)CN1CCN(c2nn3c(NC(C)(C)C)c(-c4cccc(F)c4)nc3s2)CC1. The first-order valence-corrected chi connectivity index (χ1v) is 11.6. The summed E-state index contributed by atoms with van der Waals surface area (Å²) in [5.74, 6) is 0.271. The number of piperazine rings is 1. The molecule has 1 aliphatic rings. The normalized spacial score (nSPS) is 15.3. The highest BCUT2D eigenvalue weighted by Gasteiger charge is 2.26. The van der Waals surface area contributed by atoms with Crippen LogP contribution < -0.4 is 10.2 Å². The number of hydrogen-bond acceptors (Lipinski definition) is 8. The zero-order chi connectivity index (χ0) is 22.9. The number of carbonyl (C=O) groups excluding carboxylic acids is 1. The van der Waals surface area contributed by atoms with Crippen LogP contribution in [-0.4, -0.2) is 70.3 Å². The van der Waals surface area contributed by atoms with Crippen molar-refractivity contribution >= 4 is 33.2 Å². The monoisotopic (exact) mass is 460 g/mol. The molecule has 1 aliphatic heterocycles. The van der Waals surface area contributed by atoms with Gasteiger partial charge in [0, 0.05) is 37.3 Å². The van der Waals surface area contributed by atoms with Crippen molar-refractivity contribution in [3.63, 3.8) is 0 Å². The number of ether oxygens (including phenoxy) is 1. The molecular formula is C22H29FN6O2S. The van der Waals surface area contributed by atoms with Gasteiger partial charge in [0.25, 0.3) is 0 Å². The third kappa shape index (κ3) is 5.02. The first-order valence-electron chi connectivity index (χ1n) is 10.8. The molecule has 32 heavy (non-hydrogen) atoms. The minimum absolute atomic E-state index is 0.184. The molecule has 172 valence electrons. The van der Waals surface area contributed by atoms with Crippen molar-refractivity contribution in [2.75, 3.05) is 49.5 Å². The van der Waals surface area contributed by atoms with Crippen LogP contribution in [0.2, 0.25) is 0 Å². The smallest absolute Gasteiger partial charge is 0.320 e. The van der Waals surface area contributed by atoms with E-state index >= 15 is 0 Å². The standard InChI is InChI=1S/C22H29FN6O2S/c1-5-31-17(30)14-27-9-11-28(12-10-27)21-26-29-19(25-22(2,3)4)18(24-20(29)32-21)15-7-6-8-16(23)13-15/h6-8,13,25H,5,9-12,14H2,1-4H3. The van der Waals surface area contributed by atoms with E-state index in [1.165, 1.54) is 23.5 Å². The largest absolute Gasteiger partial charge is 0.465 e. The average Bonchev–Trinajstić information content (AvgIpc) is 3.27. The molecule has 0 unspecified atom stereocenters. The van der Waals surface area contributed by atoms with E-state index < -0.39 is 0 Å². The van der Waals surface area contributed by atoms with Gasteiger partial charge in [-0.15, -0.1) is 5.10 Å². The molecule has 0 spiro atoms. The van der Waals surface area contributed by atoms with Gasteiger partial charge in [0.1, 0.15) is 11.5 Å². The molecule has 1 aromatic carbocycles. The van der Waals surface area contributed by atoms with E-state index in [0.29, 0.717) is 24.4 Å². The molecular weight excluding hydrogens is 431 g/mol. The molecule has 2 aromatic heterocycles. The molecule has 0 aliphatic carbocycles. The number of rotatable bonds is 6. The first-order chi connectivity index (χ1) is 15.2. The van der Waals surface area contributed by atoms with Crippen molar-refractivity contribution < 1.29 is 13.9 Å². The number of esters is 1. The maximum atomic E-state index is 13.9. The van der Waals surface area contributed by atoms with Crippen LogP contribution >= 0.6 is 11.3 Å². The second kappa shape index (κ2) is 9.03. The first kappa shape index (κ1) is 22.5. The molecule has 1 fully saturated rings. The van der Waals surface area contributed by atoms with E-state index in [0.717, 1.165) is 42.1 Å². The number of fused-ring (bicyclic) bond motifs is 1. The lowest BCUT2D eigenvalue weighted by atomic mass is 10.1. The van der Waals surface area contributed by atoms with Crippen molar-refractivity contribution in [3.8, 4) is 11.3 Å². The third-order valence-corrected chi connectivity index (χ3v) is 6.05. The second-order valence-corrected chi connectivity index (χ2v) is 9.78. The highest BCUT2D eigenvalue weighted by atomic mass is 32.1. The van der Waals surface area contributed by atoms with Crippen molar-refractivity contribution in [3.05, 3.63) is 30.1 Å². The molecule has 1 saturated heterocycles. The van der Waals surface area contributed by atoms with Crippen molar-refractivity contribution in [1.82, 2.24) is 19.5 Å². The van der Waals surface area contributed by atoms with Gasteiger partial charge in [-0.1, -0.05) is 23.5 Å². The molecule has 3 heterocycles. The lowest BCUT2D eigenvalue weighted by molar-refractivity contribution is -0.144. The zero-order valence-corrected chi connectivity index (χ0v) is 19.7. The minimum atomic E-state index is -0.296. The van der Waals surface area contributed by atoms with Crippen molar-refractivity contribution in [1.29, 1.82) is 0 Å². The second-order valence-electron chi connectivity index (χ2n) is 8.84. The molecule has 0 amide bonds. The molecule has 0 atom stereocenters. The van der Waals surface area contributed by atoms with Crippen LogP contribution in [0.5, 0.6) is 0 Å². The number of carbonyl (C=O) groups is 1. The zero-order valence-electron chi connectivity index (χ0n) is 18.9. The van der Waals surface area contributed by atoms with E-state index in [-0.39, 0.29) is 17.3 Å². The summed E-state index contributed by atoms with van der Waals surface area (Å²) in [6.45, 7) is 11.8. The van der Waals surface area contributed by atoms with Gasteiger partial charge in [0.2, 0.25) is 10.1 Å². The third-order valence-electron chi connectivity index (χ3n) is 5.09. The van der Waals surface area contributed by atoms with Crippen LogP contribution in [0.4, 0.5) is 15.3 Å². The molecule has 1 N–H and O–H groups in total. The molecule has 10 heteroatoms. The average molecular weight is 461 g/mol. The van der Waals surface area contributed by atoms with Gasteiger partial charge in [-0.25, -0.2) is 9.37 Å². The predicted octanol–water partition coefficient (Wildman–Crippen LogP) is 3.49. The van der Waals surface area contributed by atoms with E-state index in [1.807, 2.05) is 17.5 Å². The van der Waals surface area contributed by atoms with Gasteiger partial charge >= 0.3 is 5.97 Å². The Balaban J connectivity index is 1.57. The van der Waals surface area contributed by atoms with Crippen LogP contribution in [-0.2, 0) is 9.53 Å². The summed E-state index contributed by atoms with van der Waals surface area (Å²) in [7, 11) is 0. The lowest BCUT2D eigenvalue weighted by Gasteiger charge is -2.33. The van der Waals surface area contributed by atoms with Crippen LogP contribution in [0, 0.1) is 5.82 Å². The highest BCUT2D eigenvalue weighted by molar-refractivity contribution is 7.20. The molecule has 0 bridgehead atoms. The van der Waals surface area contributed by atoms with Crippen LogP contribution in [0.1, 0.15) is 27.7 Å². The summed E-state index contributed by atoms with van der Waals surface area (Å²) in [6, 6.07) is 6.46. The fourth-order valence-electron chi connectivity index (χ4n) is 3.66. The number of nitrogens with one attached hydrogen (secondary N) is 1. The molecule has 3 aromatic rings. The minimum Gasteiger partial charge on any atom is -0.465 e. The summed E-state index contributed by atoms with van der Waals surface area (Å²) in [4.78, 5) is 21.6. The van der Waals surface area contributed by atoms with E-state index in [2.05, 4.69) is 35.9 Å². The molecule has 8 nitrogen and oxygen atoms in total. The predicted molar refractivity (Wildman–Crippen MR) is 125 cm³/mol. The number of benzene rings is 1. The number of aromatic nitrogens is 3. The van der Waals surface area contributed by atoms with Crippen LogP contribution in [0.15, 0.2) is 24.3 Å². The van der Waals surface area contributed by atoms with Gasteiger partial charge in [0.15, 0.2) is 5.82 Å². The summed E-state index contributed by atoms with van der Waals surface area (Å²) in [5.41, 5.74) is 1.17. The van der Waals surface area contributed by atoms with E-state index in [4.69, 9.17) is 14.8 Å². The Bertz CT molecular complexity index is 1100. The maximum absolute atomic E-state index is 13.9. The van der Waals surface area contributed by atoms with Gasteiger partial charge in [-0.3, -0.25) is 9.69 Å². The van der Waals surface area contributed by atoms with Gasteiger partial charge in [-0.05, 0) is 39.8 Å². The van der Waals surface area contributed by atoms with Crippen molar-refractivity contribution in [2.45, 2.75) is 33.2 Å². The van der Waals surface area contributed by atoms with Gasteiger partial charge in [-0.2, -0.15) is 4.52 Å². The number of imidazole rings is 1. The molecule has 0 radical (unpaired) electrons. The Morgan fingerprint density at radius 2 is 2.00 bits per heavy atom. The maximum Gasteiger partial charge on any atom is 0.320 e. The van der Waals surface area contributed by atoms with Gasteiger partial charge < -0.3 is 15.0 Å². The summed E-state index contributed by atoms with van der Waals surface area (Å²) < 4.78 is 20.7. The Labute approximate surface area is 191 Å². The Morgan fingerprint density at radius 3 is 2.66 bits per heavy atom. The molecule has 4 rings (SSSR count). The number of anilines is 2. The Hall–Kier alpha value is -2.72. The summed E-state index contributed by atoms with van der Waals surface area (Å²) in [5, 5.41) is 9.21. The fourth-order valence-corrected chi connectivity index (χ4v) is 4.61. The van der Waals surface area contributed by atoms with E-state index in [9.17, 15) is 9.18 Å². The summed E-state index contributed by atoms with van der Waals surface area (Å²) >= 11 is 1.51. The lowest BCUT2D eigenvalue weighted by Crippen LogP contribution is -2.48. The quantitative estimate of drug-likeness (QED) is 0.565.